The average molecular weight is 323 g/mol. The smallest absolute Gasteiger partial charge is 0.254 e. The van der Waals surface area contributed by atoms with E-state index in [-0.39, 0.29) is 11.7 Å². The molecule has 4 aliphatic rings. The number of fused-ring (bicyclic) bond motifs is 1. The summed E-state index contributed by atoms with van der Waals surface area (Å²) in [6.45, 7) is 11.3. The van der Waals surface area contributed by atoms with Crippen molar-refractivity contribution in [2.24, 2.45) is 10.8 Å². The molecule has 0 spiro atoms. The van der Waals surface area contributed by atoms with Gasteiger partial charge in [-0.2, -0.15) is 0 Å². The van der Waals surface area contributed by atoms with Crippen molar-refractivity contribution in [3.63, 3.8) is 0 Å². The molecule has 0 atom stereocenters. The second-order valence-electron chi connectivity index (χ2n) is 9.13. The summed E-state index contributed by atoms with van der Waals surface area (Å²) in [4.78, 5) is 21.0. The monoisotopic (exact) mass is 323 g/mol. The van der Waals surface area contributed by atoms with E-state index in [0.717, 1.165) is 42.6 Å². The molecule has 5 heterocycles. The van der Waals surface area contributed by atoms with Gasteiger partial charge in [-0.15, -0.1) is 0 Å². The van der Waals surface area contributed by atoms with Crippen LogP contribution in [0.3, 0.4) is 0 Å². The highest BCUT2D eigenvalue weighted by molar-refractivity contribution is 5.79. The third-order valence-electron chi connectivity index (χ3n) is 6.19. The lowest BCUT2D eigenvalue weighted by Gasteiger charge is -2.66. The molecule has 0 unspecified atom stereocenters. The summed E-state index contributed by atoms with van der Waals surface area (Å²) in [5.41, 5.74) is 3.86. The van der Waals surface area contributed by atoms with Gasteiger partial charge in [-0.05, 0) is 47.3 Å². The van der Waals surface area contributed by atoms with Gasteiger partial charge in [0.15, 0.2) is 0 Å². The maximum atomic E-state index is 12.8. The van der Waals surface area contributed by atoms with Crippen molar-refractivity contribution >= 4 is 10.9 Å². The Kier molecular flexibility index (Phi) is 2.75. The Morgan fingerprint density at radius 2 is 1.67 bits per heavy atom. The molecule has 4 nitrogen and oxygen atoms in total. The lowest BCUT2D eigenvalue weighted by Crippen LogP contribution is -2.71. The van der Waals surface area contributed by atoms with Crippen LogP contribution in [0, 0.1) is 17.8 Å². The highest BCUT2D eigenvalue weighted by Gasteiger charge is 2.56. The van der Waals surface area contributed by atoms with Gasteiger partial charge in [-0.3, -0.25) is 14.6 Å². The Bertz CT molecular complexity index is 863. The van der Waals surface area contributed by atoms with Crippen LogP contribution in [0.4, 0.5) is 0 Å². The Labute approximate surface area is 142 Å². The summed E-state index contributed by atoms with van der Waals surface area (Å²) in [6, 6.07) is 8.41. The van der Waals surface area contributed by atoms with Gasteiger partial charge >= 0.3 is 0 Å². The van der Waals surface area contributed by atoms with Crippen molar-refractivity contribution in [2.45, 2.75) is 33.4 Å². The van der Waals surface area contributed by atoms with Crippen LogP contribution in [0.1, 0.15) is 37.6 Å². The number of piperidine rings is 2. The van der Waals surface area contributed by atoms with E-state index in [4.69, 9.17) is 0 Å². The predicted molar refractivity (Wildman–Crippen MR) is 96.0 cm³/mol. The minimum atomic E-state index is 0.0703. The first-order valence-electron chi connectivity index (χ1n) is 8.96. The van der Waals surface area contributed by atoms with E-state index < -0.39 is 0 Å². The van der Waals surface area contributed by atoms with Gasteiger partial charge < -0.3 is 4.98 Å². The molecule has 4 fully saturated rings. The number of hydrogen-bond donors (Lipinski definition) is 1. The van der Waals surface area contributed by atoms with E-state index in [2.05, 4.69) is 59.8 Å². The summed E-state index contributed by atoms with van der Waals surface area (Å²) in [7, 11) is 0. The summed E-state index contributed by atoms with van der Waals surface area (Å²) < 4.78 is 0. The molecule has 0 amide bonds. The number of nitrogens with one attached hydrogen (secondary N) is 1. The van der Waals surface area contributed by atoms with Gasteiger partial charge in [0, 0.05) is 37.3 Å². The molecule has 0 aliphatic carbocycles. The van der Waals surface area contributed by atoms with E-state index in [1.54, 1.807) is 0 Å². The Balaban J connectivity index is 1.62. The van der Waals surface area contributed by atoms with Crippen LogP contribution < -0.4 is 5.56 Å². The summed E-state index contributed by atoms with van der Waals surface area (Å²) in [5.74, 6) is 0. The maximum absolute atomic E-state index is 12.8. The molecule has 0 saturated carbocycles. The fourth-order valence-electron chi connectivity index (χ4n) is 5.92. The molecule has 1 aromatic heterocycles. The topological polar surface area (TPSA) is 39.3 Å². The SMILES string of the molecule is Cc1ccc2cc(C3N4CC5(C)CN3CC(C)(C4)C5)c(=O)[nH]c2c1. The number of pyridine rings is 1. The van der Waals surface area contributed by atoms with Crippen LogP contribution in [0.15, 0.2) is 29.1 Å². The average Bonchev–Trinajstić information content (AvgIpc) is 2.44. The Hall–Kier alpha value is -1.65. The molecule has 24 heavy (non-hydrogen) atoms. The minimum absolute atomic E-state index is 0.0703. The molecule has 0 radical (unpaired) electrons. The summed E-state index contributed by atoms with van der Waals surface area (Å²) >= 11 is 0. The van der Waals surface area contributed by atoms with Crippen molar-refractivity contribution in [1.29, 1.82) is 0 Å². The molecule has 4 aliphatic heterocycles. The fourth-order valence-corrected chi connectivity index (χ4v) is 5.92. The zero-order valence-corrected chi connectivity index (χ0v) is 14.7. The number of hydrogen-bond acceptors (Lipinski definition) is 3. The number of aromatic amines is 1. The zero-order chi connectivity index (χ0) is 16.7. The third kappa shape index (κ3) is 2.02. The third-order valence-corrected chi connectivity index (χ3v) is 6.19. The van der Waals surface area contributed by atoms with Gasteiger partial charge in [0.05, 0.1) is 6.17 Å². The molecule has 1 N–H and O–H groups in total. The van der Waals surface area contributed by atoms with Gasteiger partial charge in [-0.25, -0.2) is 0 Å². The molecule has 2 aromatic rings. The molecule has 1 aromatic carbocycles. The van der Waals surface area contributed by atoms with E-state index in [0.29, 0.717) is 10.8 Å². The van der Waals surface area contributed by atoms with E-state index in [9.17, 15) is 4.79 Å². The second kappa shape index (κ2) is 4.50. The van der Waals surface area contributed by atoms with Gasteiger partial charge in [-0.1, -0.05) is 26.0 Å². The number of aryl methyl sites for hydroxylation is 1. The molecule has 4 heteroatoms. The molecular weight excluding hydrogens is 298 g/mol. The van der Waals surface area contributed by atoms with Crippen LogP contribution in [0.25, 0.3) is 10.9 Å². The number of rotatable bonds is 1. The Morgan fingerprint density at radius 3 is 2.29 bits per heavy atom. The van der Waals surface area contributed by atoms with E-state index in [1.807, 2.05) is 0 Å². The van der Waals surface area contributed by atoms with Crippen molar-refractivity contribution < 1.29 is 0 Å². The van der Waals surface area contributed by atoms with Crippen molar-refractivity contribution in [3.8, 4) is 0 Å². The molecule has 4 saturated heterocycles. The van der Waals surface area contributed by atoms with Crippen molar-refractivity contribution in [2.75, 3.05) is 26.2 Å². The molecule has 126 valence electrons. The van der Waals surface area contributed by atoms with Crippen LogP contribution in [0.5, 0.6) is 0 Å². The lowest BCUT2D eigenvalue weighted by atomic mass is 9.63. The van der Waals surface area contributed by atoms with Gasteiger partial charge in [0.2, 0.25) is 0 Å². The first kappa shape index (κ1) is 14.7. The molecule has 4 bridgehead atoms. The fraction of sp³-hybridized carbons (Fsp3) is 0.550. The Morgan fingerprint density at radius 1 is 1.04 bits per heavy atom. The predicted octanol–water partition coefficient (Wildman–Crippen LogP) is 2.88. The van der Waals surface area contributed by atoms with Crippen LogP contribution in [-0.2, 0) is 0 Å². The quantitative estimate of drug-likeness (QED) is 0.877. The summed E-state index contributed by atoms with van der Waals surface area (Å²) in [6.07, 6.45) is 1.45. The highest BCUT2D eigenvalue weighted by Crippen LogP contribution is 2.53. The maximum Gasteiger partial charge on any atom is 0.254 e. The first-order chi connectivity index (χ1) is 11.3. The number of benzene rings is 1. The van der Waals surface area contributed by atoms with Gasteiger partial charge in [0.1, 0.15) is 0 Å². The van der Waals surface area contributed by atoms with Crippen LogP contribution in [0.2, 0.25) is 0 Å². The summed E-state index contributed by atoms with van der Waals surface area (Å²) in [5, 5.41) is 1.13. The first-order valence-corrected chi connectivity index (χ1v) is 8.96. The second-order valence-corrected chi connectivity index (χ2v) is 9.13. The van der Waals surface area contributed by atoms with E-state index >= 15 is 0 Å². The number of H-pyrrole nitrogens is 1. The van der Waals surface area contributed by atoms with Crippen LogP contribution >= 0.6 is 0 Å². The van der Waals surface area contributed by atoms with Crippen molar-refractivity contribution in [3.05, 3.63) is 45.7 Å². The van der Waals surface area contributed by atoms with E-state index in [1.165, 1.54) is 12.0 Å². The minimum Gasteiger partial charge on any atom is -0.322 e. The normalized spacial score (nSPS) is 40.4. The number of aromatic nitrogens is 1. The largest absolute Gasteiger partial charge is 0.322 e. The van der Waals surface area contributed by atoms with Crippen LogP contribution in [-0.4, -0.2) is 41.0 Å². The standard InChI is InChI=1S/C20H25N3O/c1-13-4-5-14-7-15(17(24)21-16(14)6-13)18-22-9-19(2)8-20(3,11-22)12-23(18)10-19/h4-7,18H,8-12H2,1-3H3,(H,21,24). The number of nitrogens with zero attached hydrogens (tertiary/aromatic N) is 2. The highest BCUT2D eigenvalue weighted by atomic mass is 16.1. The zero-order valence-electron chi connectivity index (χ0n) is 14.7. The molecular formula is C20H25N3O. The van der Waals surface area contributed by atoms with Gasteiger partial charge in [0.25, 0.3) is 5.56 Å². The van der Waals surface area contributed by atoms with Crippen molar-refractivity contribution in [1.82, 2.24) is 14.8 Å². The molecule has 6 rings (SSSR count). The lowest BCUT2D eigenvalue weighted by molar-refractivity contribution is -0.194.